The molecule has 18 heavy (non-hydrogen) atoms. The summed E-state index contributed by atoms with van der Waals surface area (Å²) in [5.41, 5.74) is 1.43. The van der Waals surface area contributed by atoms with Crippen molar-refractivity contribution in [2.45, 2.75) is 52.2 Å². The highest BCUT2D eigenvalue weighted by Gasteiger charge is 2.52. The molecule has 2 heterocycles. The molecule has 0 radical (unpaired) electrons. The van der Waals surface area contributed by atoms with Crippen LogP contribution in [0.25, 0.3) is 0 Å². The minimum absolute atomic E-state index is 0.331. The van der Waals surface area contributed by atoms with Gasteiger partial charge in [-0.15, -0.1) is 0 Å². The summed E-state index contributed by atoms with van der Waals surface area (Å²) >= 11 is 5.92. The summed E-state index contributed by atoms with van der Waals surface area (Å²) in [5.74, 6) is 0. The van der Waals surface area contributed by atoms with Crippen LogP contribution in [0.3, 0.4) is 0 Å². The molecule has 0 spiro atoms. The van der Waals surface area contributed by atoms with E-state index in [0.29, 0.717) is 5.15 Å². The number of aromatic nitrogens is 1. The van der Waals surface area contributed by atoms with Crippen LogP contribution in [-0.4, -0.2) is 23.3 Å². The second-order valence-electron chi connectivity index (χ2n) is 5.65. The Morgan fingerprint density at radius 1 is 1.22 bits per heavy atom. The normalized spacial score (nSPS) is 21.3. The lowest BCUT2D eigenvalue weighted by Gasteiger charge is -2.32. The molecule has 0 bridgehead atoms. The van der Waals surface area contributed by atoms with Crippen LogP contribution in [-0.2, 0) is 15.7 Å². The fourth-order valence-electron chi connectivity index (χ4n) is 1.97. The highest BCUT2D eigenvalue weighted by atomic mass is 35.5. The van der Waals surface area contributed by atoms with Gasteiger partial charge in [-0.25, -0.2) is 4.98 Å². The van der Waals surface area contributed by atoms with Crippen LogP contribution in [0.1, 0.15) is 40.2 Å². The first-order valence-electron chi connectivity index (χ1n) is 6.27. The van der Waals surface area contributed by atoms with Gasteiger partial charge in [0.15, 0.2) is 0 Å². The van der Waals surface area contributed by atoms with E-state index in [1.807, 2.05) is 33.8 Å². The summed E-state index contributed by atoms with van der Waals surface area (Å²) < 4.78 is 12.1. The molecule has 0 N–H and O–H groups in total. The van der Waals surface area contributed by atoms with E-state index < -0.39 is 0 Å². The third kappa shape index (κ3) is 2.29. The van der Waals surface area contributed by atoms with Crippen LogP contribution >= 0.6 is 11.6 Å². The van der Waals surface area contributed by atoms with Gasteiger partial charge in [-0.3, -0.25) is 0 Å². The molecule has 0 aliphatic carbocycles. The highest BCUT2D eigenvalue weighted by Crippen LogP contribution is 2.36. The third-order valence-corrected chi connectivity index (χ3v) is 4.09. The molecule has 0 aromatic carbocycles. The molecule has 1 saturated heterocycles. The van der Waals surface area contributed by atoms with Gasteiger partial charge in [0.25, 0.3) is 0 Å². The molecule has 3 nitrogen and oxygen atoms in total. The van der Waals surface area contributed by atoms with E-state index in [9.17, 15) is 0 Å². The van der Waals surface area contributed by atoms with Crippen LogP contribution in [0.5, 0.6) is 0 Å². The van der Waals surface area contributed by atoms with Crippen molar-refractivity contribution < 1.29 is 9.31 Å². The molecule has 1 aliphatic rings. The Labute approximate surface area is 114 Å². The van der Waals surface area contributed by atoms with E-state index in [0.717, 1.165) is 17.4 Å². The van der Waals surface area contributed by atoms with Crippen molar-refractivity contribution in [2.24, 2.45) is 0 Å². The standard InChI is InChI=1S/C13H19BClNO2/c1-6-9-7-11(15)16-8-10(9)14-17-12(2,3)13(4,5)18-14/h7-8H,6H2,1-5H3. The number of hydrogen-bond acceptors (Lipinski definition) is 3. The second kappa shape index (κ2) is 4.51. The van der Waals surface area contributed by atoms with Gasteiger partial charge in [-0.1, -0.05) is 18.5 Å². The quantitative estimate of drug-likeness (QED) is 0.610. The molecule has 98 valence electrons. The molecular weight excluding hydrogens is 248 g/mol. The predicted molar refractivity (Wildman–Crippen MR) is 74.3 cm³/mol. The van der Waals surface area contributed by atoms with Crippen molar-refractivity contribution in [3.8, 4) is 0 Å². The molecule has 0 saturated carbocycles. The number of halogens is 1. The van der Waals surface area contributed by atoms with E-state index in [-0.39, 0.29) is 18.3 Å². The van der Waals surface area contributed by atoms with Crippen LogP contribution in [0.4, 0.5) is 0 Å². The fraction of sp³-hybridized carbons (Fsp3) is 0.615. The van der Waals surface area contributed by atoms with Gasteiger partial charge < -0.3 is 9.31 Å². The molecule has 2 rings (SSSR count). The van der Waals surface area contributed by atoms with Crippen LogP contribution in [0, 0.1) is 0 Å². The van der Waals surface area contributed by atoms with Crippen molar-refractivity contribution in [3.05, 3.63) is 23.0 Å². The minimum Gasteiger partial charge on any atom is -0.399 e. The van der Waals surface area contributed by atoms with E-state index >= 15 is 0 Å². The largest absolute Gasteiger partial charge is 0.496 e. The molecular formula is C13H19BClNO2. The summed E-state index contributed by atoms with van der Waals surface area (Å²) in [6.07, 6.45) is 2.63. The van der Waals surface area contributed by atoms with Gasteiger partial charge in [0.1, 0.15) is 5.15 Å². The molecule has 0 atom stereocenters. The summed E-state index contributed by atoms with van der Waals surface area (Å²) in [7, 11) is -0.366. The Hall–Kier alpha value is -0.575. The van der Waals surface area contributed by atoms with Gasteiger partial charge in [-0.2, -0.15) is 0 Å². The van der Waals surface area contributed by atoms with Gasteiger partial charge in [0.2, 0.25) is 0 Å². The van der Waals surface area contributed by atoms with Crippen molar-refractivity contribution in [3.63, 3.8) is 0 Å². The number of rotatable bonds is 2. The first kappa shape index (κ1) is 13.8. The first-order chi connectivity index (χ1) is 8.27. The van der Waals surface area contributed by atoms with E-state index in [4.69, 9.17) is 20.9 Å². The summed E-state index contributed by atoms with van der Waals surface area (Å²) in [5, 5.41) is 0.507. The van der Waals surface area contributed by atoms with Gasteiger partial charge in [0, 0.05) is 11.7 Å². The summed E-state index contributed by atoms with van der Waals surface area (Å²) in [4.78, 5) is 4.13. The van der Waals surface area contributed by atoms with E-state index in [2.05, 4.69) is 11.9 Å². The SMILES string of the molecule is CCc1cc(Cl)ncc1B1OC(C)(C)C(C)(C)O1. The monoisotopic (exact) mass is 267 g/mol. The zero-order valence-corrected chi connectivity index (χ0v) is 12.3. The van der Waals surface area contributed by atoms with Gasteiger partial charge in [-0.05, 0) is 45.7 Å². The zero-order chi connectivity index (χ0) is 13.6. The summed E-state index contributed by atoms with van der Waals surface area (Å²) in [6, 6.07) is 1.88. The number of pyridine rings is 1. The fourth-order valence-corrected chi connectivity index (χ4v) is 2.15. The lowest BCUT2D eigenvalue weighted by Crippen LogP contribution is -2.41. The third-order valence-electron chi connectivity index (χ3n) is 3.88. The molecule has 0 unspecified atom stereocenters. The lowest BCUT2D eigenvalue weighted by atomic mass is 9.76. The number of nitrogens with zero attached hydrogens (tertiary/aromatic N) is 1. The number of hydrogen-bond donors (Lipinski definition) is 0. The Kier molecular flexibility index (Phi) is 3.47. The minimum atomic E-state index is -0.366. The highest BCUT2D eigenvalue weighted by molar-refractivity contribution is 6.62. The van der Waals surface area contributed by atoms with E-state index in [1.165, 1.54) is 0 Å². The van der Waals surface area contributed by atoms with E-state index in [1.54, 1.807) is 6.20 Å². The molecule has 0 amide bonds. The van der Waals surface area contributed by atoms with Gasteiger partial charge in [0.05, 0.1) is 11.2 Å². The average molecular weight is 268 g/mol. The van der Waals surface area contributed by atoms with Crippen LogP contribution in [0.2, 0.25) is 5.15 Å². The summed E-state index contributed by atoms with van der Waals surface area (Å²) in [6.45, 7) is 10.3. The Balaban J connectivity index is 2.35. The predicted octanol–water partition coefficient (Wildman–Crippen LogP) is 2.60. The van der Waals surface area contributed by atoms with Gasteiger partial charge >= 0.3 is 7.12 Å². The molecule has 1 fully saturated rings. The number of aryl methyl sites for hydroxylation is 1. The smallest absolute Gasteiger partial charge is 0.399 e. The second-order valence-corrected chi connectivity index (χ2v) is 6.03. The zero-order valence-electron chi connectivity index (χ0n) is 11.6. The Bertz CT molecular complexity index is 446. The van der Waals surface area contributed by atoms with Crippen molar-refractivity contribution in [1.82, 2.24) is 4.98 Å². The Morgan fingerprint density at radius 2 is 1.78 bits per heavy atom. The molecule has 1 aliphatic heterocycles. The average Bonchev–Trinajstić information content (AvgIpc) is 2.47. The van der Waals surface area contributed by atoms with Crippen molar-refractivity contribution in [2.75, 3.05) is 0 Å². The lowest BCUT2D eigenvalue weighted by molar-refractivity contribution is 0.00578. The Morgan fingerprint density at radius 3 is 2.28 bits per heavy atom. The van der Waals surface area contributed by atoms with Crippen LogP contribution < -0.4 is 5.46 Å². The molecule has 1 aromatic rings. The van der Waals surface area contributed by atoms with Crippen molar-refractivity contribution >= 4 is 24.2 Å². The van der Waals surface area contributed by atoms with Crippen molar-refractivity contribution in [1.29, 1.82) is 0 Å². The first-order valence-corrected chi connectivity index (χ1v) is 6.64. The maximum atomic E-state index is 6.03. The topological polar surface area (TPSA) is 31.4 Å². The molecule has 5 heteroatoms. The maximum absolute atomic E-state index is 6.03. The van der Waals surface area contributed by atoms with Crippen LogP contribution in [0.15, 0.2) is 12.3 Å². The molecule has 1 aromatic heterocycles. The maximum Gasteiger partial charge on any atom is 0.496 e.